The second-order valence-electron chi connectivity index (χ2n) is 6.55. The molecule has 7 heteroatoms. The number of nitrogens with zero attached hydrogens (tertiary/aromatic N) is 3. The quantitative estimate of drug-likeness (QED) is 0.546. The molecule has 0 saturated carbocycles. The van der Waals surface area contributed by atoms with E-state index in [0.29, 0.717) is 29.5 Å². The smallest absolute Gasteiger partial charge is 0.261 e. The van der Waals surface area contributed by atoms with Crippen molar-refractivity contribution in [3.8, 4) is 11.8 Å². The van der Waals surface area contributed by atoms with Gasteiger partial charge in [0.25, 0.3) is 5.91 Å². The minimum atomic E-state index is -0.238. The summed E-state index contributed by atoms with van der Waals surface area (Å²) in [6, 6.07) is 9.43. The summed E-state index contributed by atoms with van der Waals surface area (Å²) >= 11 is 5.42. The number of rotatable bonds is 8. The van der Waals surface area contributed by atoms with Crippen LogP contribution in [-0.2, 0) is 0 Å². The van der Waals surface area contributed by atoms with Crippen molar-refractivity contribution in [2.24, 2.45) is 0 Å². The standard InChI is InChI=1S/C20H28N4O2S/c1-2-3-6-16-26-18-9-5-4-8-17(18)19(25)22-20(27)24-14-12-23(13-15-24)11-7-10-21/h4-5,8-9H,2-3,6-7,11-16H2,1H3,(H,22,25,27). The van der Waals surface area contributed by atoms with Crippen molar-refractivity contribution in [1.29, 1.82) is 5.26 Å². The van der Waals surface area contributed by atoms with Crippen molar-refractivity contribution < 1.29 is 9.53 Å². The average Bonchev–Trinajstić information content (AvgIpc) is 2.70. The van der Waals surface area contributed by atoms with E-state index in [9.17, 15) is 4.79 Å². The molecule has 1 aliphatic rings. The van der Waals surface area contributed by atoms with Crippen molar-refractivity contribution in [2.75, 3.05) is 39.3 Å². The van der Waals surface area contributed by atoms with Gasteiger partial charge in [0.1, 0.15) is 5.75 Å². The molecule has 1 saturated heterocycles. The number of thiocarbonyl (C=S) groups is 1. The third-order valence-corrected chi connectivity index (χ3v) is 4.92. The number of hydrogen-bond acceptors (Lipinski definition) is 5. The van der Waals surface area contributed by atoms with Crippen LogP contribution in [0.3, 0.4) is 0 Å². The van der Waals surface area contributed by atoms with Crippen molar-refractivity contribution in [1.82, 2.24) is 15.1 Å². The van der Waals surface area contributed by atoms with Gasteiger partial charge in [-0.05, 0) is 30.8 Å². The highest BCUT2D eigenvalue weighted by Gasteiger charge is 2.21. The lowest BCUT2D eigenvalue weighted by Crippen LogP contribution is -2.52. The Hall–Kier alpha value is -2.17. The lowest BCUT2D eigenvalue weighted by atomic mass is 10.2. The van der Waals surface area contributed by atoms with Crippen LogP contribution in [0, 0.1) is 11.3 Å². The zero-order valence-electron chi connectivity index (χ0n) is 15.9. The highest BCUT2D eigenvalue weighted by atomic mass is 32.1. The topological polar surface area (TPSA) is 68.6 Å². The van der Waals surface area contributed by atoms with Crippen molar-refractivity contribution in [2.45, 2.75) is 32.6 Å². The lowest BCUT2D eigenvalue weighted by molar-refractivity contribution is 0.0965. The van der Waals surface area contributed by atoms with Gasteiger partial charge >= 0.3 is 0 Å². The fraction of sp³-hybridized carbons (Fsp3) is 0.550. The van der Waals surface area contributed by atoms with Crippen LogP contribution in [-0.4, -0.2) is 60.2 Å². The summed E-state index contributed by atoms with van der Waals surface area (Å²) in [7, 11) is 0. The number of amides is 1. The van der Waals surface area contributed by atoms with Crippen LogP contribution in [0.4, 0.5) is 0 Å². The van der Waals surface area contributed by atoms with Gasteiger partial charge in [-0.15, -0.1) is 0 Å². The van der Waals surface area contributed by atoms with Crippen LogP contribution < -0.4 is 10.1 Å². The molecule has 0 atom stereocenters. The first-order valence-electron chi connectivity index (χ1n) is 9.57. The Kier molecular flexibility index (Phi) is 9.02. The summed E-state index contributed by atoms with van der Waals surface area (Å²) in [5.41, 5.74) is 0.504. The molecule has 146 valence electrons. The van der Waals surface area contributed by atoms with Gasteiger partial charge in [-0.3, -0.25) is 15.0 Å². The Balaban J connectivity index is 1.86. The second-order valence-corrected chi connectivity index (χ2v) is 6.93. The van der Waals surface area contributed by atoms with Gasteiger partial charge in [-0.1, -0.05) is 31.9 Å². The van der Waals surface area contributed by atoms with Crippen molar-refractivity contribution in [3.63, 3.8) is 0 Å². The van der Waals surface area contributed by atoms with Gasteiger partial charge in [-0.2, -0.15) is 5.26 Å². The number of nitrogens with one attached hydrogen (secondary N) is 1. The highest BCUT2D eigenvalue weighted by Crippen LogP contribution is 2.18. The Labute approximate surface area is 167 Å². The summed E-state index contributed by atoms with van der Waals surface area (Å²) in [6.45, 7) is 6.72. The molecule has 0 spiro atoms. The van der Waals surface area contributed by atoms with Crippen LogP contribution in [0.25, 0.3) is 0 Å². The third-order valence-electron chi connectivity index (χ3n) is 4.56. The number of unbranched alkanes of at least 4 members (excludes halogenated alkanes) is 2. The van der Waals surface area contributed by atoms with Gasteiger partial charge in [0.15, 0.2) is 5.11 Å². The normalized spacial score (nSPS) is 14.4. The molecule has 6 nitrogen and oxygen atoms in total. The number of piperazine rings is 1. The summed E-state index contributed by atoms with van der Waals surface area (Å²) in [5.74, 6) is 0.355. The highest BCUT2D eigenvalue weighted by molar-refractivity contribution is 7.80. The van der Waals surface area contributed by atoms with Gasteiger partial charge in [-0.25, -0.2) is 0 Å². The van der Waals surface area contributed by atoms with E-state index in [4.69, 9.17) is 22.2 Å². The fourth-order valence-electron chi connectivity index (χ4n) is 2.94. The number of para-hydroxylation sites is 1. The molecule has 1 aliphatic heterocycles. The molecule has 1 amide bonds. The van der Waals surface area contributed by atoms with E-state index >= 15 is 0 Å². The van der Waals surface area contributed by atoms with Crippen LogP contribution in [0.1, 0.15) is 43.0 Å². The Morgan fingerprint density at radius 2 is 2.00 bits per heavy atom. The molecular formula is C20H28N4O2S. The average molecular weight is 389 g/mol. The maximum atomic E-state index is 12.7. The van der Waals surface area contributed by atoms with E-state index in [1.807, 2.05) is 23.1 Å². The van der Waals surface area contributed by atoms with E-state index < -0.39 is 0 Å². The van der Waals surface area contributed by atoms with Crippen molar-refractivity contribution in [3.05, 3.63) is 29.8 Å². The Morgan fingerprint density at radius 1 is 1.26 bits per heavy atom. The van der Waals surface area contributed by atoms with E-state index in [1.165, 1.54) is 0 Å². The third kappa shape index (κ3) is 6.81. The zero-order valence-corrected chi connectivity index (χ0v) is 16.8. The predicted octanol–water partition coefficient (Wildman–Crippen LogP) is 2.80. The van der Waals surface area contributed by atoms with E-state index in [1.54, 1.807) is 6.07 Å². The molecule has 0 aliphatic carbocycles. The molecule has 2 rings (SSSR count). The number of nitriles is 1. The van der Waals surface area contributed by atoms with Crippen LogP contribution in [0.15, 0.2) is 24.3 Å². The minimum Gasteiger partial charge on any atom is -0.493 e. The van der Waals surface area contributed by atoms with Gasteiger partial charge in [0.05, 0.1) is 18.2 Å². The number of ether oxygens (including phenoxy) is 1. The molecular weight excluding hydrogens is 360 g/mol. The van der Waals surface area contributed by atoms with E-state index in [-0.39, 0.29) is 5.91 Å². The number of benzene rings is 1. The maximum Gasteiger partial charge on any atom is 0.261 e. The lowest BCUT2D eigenvalue weighted by Gasteiger charge is -2.35. The molecule has 1 aromatic rings. The molecule has 1 heterocycles. The van der Waals surface area contributed by atoms with Crippen LogP contribution >= 0.6 is 12.2 Å². The van der Waals surface area contributed by atoms with Gasteiger partial charge < -0.3 is 9.64 Å². The summed E-state index contributed by atoms with van der Waals surface area (Å²) in [4.78, 5) is 16.9. The zero-order chi connectivity index (χ0) is 19.5. The van der Waals surface area contributed by atoms with Crippen molar-refractivity contribution >= 4 is 23.2 Å². The molecule has 0 bridgehead atoms. The second kappa shape index (κ2) is 11.5. The monoisotopic (exact) mass is 388 g/mol. The molecule has 27 heavy (non-hydrogen) atoms. The first-order chi connectivity index (χ1) is 13.2. The first-order valence-corrected chi connectivity index (χ1v) is 9.98. The molecule has 1 N–H and O–H groups in total. The van der Waals surface area contributed by atoms with Gasteiger partial charge in [0.2, 0.25) is 0 Å². The van der Waals surface area contributed by atoms with E-state index in [0.717, 1.165) is 52.0 Å². The fourth-order valence-corrected chi connectivity index (χ4v) is 3.22. The van der Waals surface area contributed by atoms with Crippen LogP contribution in [0.5, 0.6) is 5.75 Å². The Bertz CT molecular complexity index is 666. The van der Waals surface area contributed by atoms with Crippen LogP contribution in [0.2, 0.25) is 0 Å². The number of carbonyl (C=O) groups excluding carboxylic acids is 1. The molecule has 0 radical (unpaired) electrons. The molecule has 1 fully saturated rings. The maximum absolute atomic E-state index is 12.7. The SMILES string of the molecule is CCCCCOc1ccccc1C(=O)NC(=S)N1CCN(CCC#N)CC1. The predicted molar refractivity (Wildman–Crippen MR) is 110 cm³/mol. The minimum absolute atomic E-state index is 0.238. The molecule has 1 aromatic carbocycles. The summed E-state index contributed by atoms with van der Waals surface area (Å²) in [6.07, 6.45) is 3.75. The first kappa shape index (κ1) is 21.1. The van der Waals surface area contributed by atoms with Gasteiger partial charge in [0, 0.05) is 39.1 Å². The summed E-state index contributed by atoms with van der Waals surface area (Å²) < 4.78 is 5.79. The number of hydrogen-bond donors (Lipinski definition) is 1. The van der Waals surface area contributed by atoms with E-state index in [2.05, 4.69) is 23.2 Å². The largest absolute Gasteiger partial charge is 0.493 e. The molecule has 0 aromatic heterocycles. The molecule has 0 unspecified atom stereocenters. The Morgan fingerprint density at radius 3 is 2.70 bits per heavy atom. The summed E-state index contributed by atoms with van der Waals surface area (Å²) in [5, 5.41) is 12.0. The number of carbonyl (C=O) groups is 1.